The molecule has 0 spiro atoms. The Morgan fingerprint density at radius 3 is 1.24 bits per heavy atom. The molecule has 0 aliphatic rings. The summed E-state index contributed by atoms with van der Waals surface area (Å²) in [6, 6.07) is 47.5. The van der Waals surface area contributed by atoms with Crippen LogP contribution in [0.5, 0.6) is 0 Å². The first-order valence-corrected chi connectivity index (χ1v) is 12.9. The largest absolute Gasteiger partial charge is 0.0622 e. The molecule has 0 aromatic heterocycles. The lowest BCUT2D eigenvalue weighted by Gasteiger charge is -2.10. The van der Waals surface area contributed by atoms with Gasteiger partial charge in [-0.05, 0) is 56.6 Å². The van der Waals surface area contributed by atoms with Crippen LogP contribution in [-0.2, 0) is 0 Å². The summed E-state index contributed by atoms with van der Waals surface area (Å²) in [5.74, 6) is 0. The lowest BCUT2D eigenvalue weighted by atomic mass is 9.94. The van der Waals surface area contributed by atoms with E-state index in [0.717, 1.165) is 38.9 Å². The maximum Gasteiger partial charge on any atom is -0.00201 e. The lowest BCUT2D eigenvalue weighted by molar-refractivity contribution is 1.53. The minimum Gasteiger partial charge on any atom is -0.0622 e. The Labute approximate surface area is 226 Å². The number of rotatable bonds is 8. The van der Waals surface area contributed by atoms with Crippen molar-refractivity contribution < 1.29 is 0 Å². The second-order valence-electron chi connectivity index (χ2n) is 8.98. The maximum absolute atomic E-state index is 3.67. The molecular weight excluding hydrogens is 456 g/mol. The van der Waals surface area contributed by atoms with Crippen LogP contribution in [0.4, 0.5) is 0 Å². The molecule has 0 heterocycles. The zero-order chi connectivity index (χ0) is 25.8. The van der Waals surface area contributed by atoms with Gasteiger partial charge in [0.05, 0.1) is 0 Å². The van der Waals surface area contributed by atoms with Gasteiger partial charge in [0.15, 0.2) is 0 Å². The number of hydrogen-bond donors (Lipinski definition) is 0. The van der Waals surface area contributed by atoms with Crippen LogP contribution >= 0.6 is 0 Å². The van der Waals surface area contributed by atoms with E-state index in [2.05, 4.69) is 158 Å². The van der Waals surface area contributed by atoms with E-state index in [1.54, 1.807) is 0 Å². The highest BCUT2D eigenvalue weighted by Gasteiger charge is 2.06. The molecule has 5 aromatic carbocycles. The van der Waals surface area contributed by atoms with Crippen molar-refractivity contribution in [2.45, 2.75) is 0 Å². The minimum absolute atomic E-state index is 1.03. The highest BCUT2D eigenvalue weighted by Crippen LogP contribution is 2.26. The zero-order valence-corrected chi connectivity index (χ0v) is 21.2. The Bertz CT molecular complexity index is 1480. The van der Waals surface area contributed by atoms with E-state index in [-0.39, 0.29) is 0 Å². The average molecular weight is 486 g/mol. The molecule has 5 aromatic rings. The van der Waals surface area contributed by atoms with Crippen LogP contribution in [0.2, 0.25) is 0 Å². The molecule has 0 saturated carbocycles. The Morgan fingerprint density at radius 2 is 0.763 bits per heavy atom. The molecule has 0 N–H and O–H groups in total. The summed E-state index contributed by atoms with van der Waals surface area (Å²) in [4.78, 5) is 0. The van der Waals surface area contributed by atoms with Gasteiger partial charge in [0.1, 0.15) is 0 Å². The fourth-order valence-electron chi connectivity index (χ4n) is 4.19. The fraction of sp³-hybridized carbons (Fsp3) is 0. The van der Waals surface area contributed by atoms with E-state index in [4.69, 9.17) is 0 Å². The average Bonchev–Trinajstić information content (AvgIpc) is 2.99. The molecule has 1 radical (unpaired) electrons. The summed E-state index contributed by atoms with van der Waals surface area (Å²) >= 11 is 0. The molecule has 0 saturated heterocycles. The molecule has 0 bridgehead atoms. The van der Waals surface area contributed by atoms with Crippen LogP contribution in [0.3, 0.4) is 0 Å². The molecular formula is C38H29. The van der Waals surface area contributed by atoms with Crippen molar-refractivity contribution in [1.29, 1.82) is 0 Å². The van der Waals surface area contributed by atoms with E-state index >= 15 is 0 Å². The van der Waals surface area contributed by atoms with Gasteiger partial charge in [0, 0.05) is 0 Å². The number of hydrogen-bond acceptors (Lipinski definition) is 0. The van der Waals surface area contributed by atoms with E-state index in [1.807, 2.05) is 24.3 Å². The third kappa shape index (κ3) is 7.06. The molecule has 0 aliphatic carbocycles. The topological polar surface area (TPSA) is 0 Å². The molecule has 38 heavy (non-hydrogen) atoms. The third-order valence-electron chi connectivity index (χ3n) is 6.19. The summed E-state index contributed by atoms with van der Waals surface area (Å²) in [5, 5.41) is 0. The van der Waals surface area contributed by atoms with Gasteiger partial charge in [-0.2, -0.15) is 0 Å². The molecule has 0 heteroatoms. The summed E-state index contributed by atoms with van der Waals surface area (Å²) in [7, 11) is 0. The molecule has 0 fully saturated rings. The van der Waals surface area contributed by atoms with Crippen LogP contribution in [0, 0.1) is 6.07 Å². The van der Waals surface area contributed by atoms with Crippen molar-refractivity contribution in [1.82, 2.24) is 0 Å². The summed E-state index contributed by atoms with van der Waals surface area (Å²) in [6.45, 7) is 0. The van der Waals surface area contributed by atoms with Gasteiger partial charge in [-0.25, -0.2) is 0 Å². The quantitative estimate of drug-likeness (QED) is 0.192. The lowest BCUT2D eigenvalue weighted by Crippen LogP contribution is -1.91. The van der Waals surface area contributed by atoms with Crippen LogP contribution in [0.1, 0.15) is 44.5 Å². The Morgan fingerprint density at radius 1 is 0.368 bits per heavy atom. The smallest absolute Gasteiger partial charge is 0.00201 e. The van der Waals surface area contributed by atoms with Gasteiger partial charge >= 0.3 is 0 Å². The first-order chi connectivity index (χ1) is 18.8. The van der Waals surface area contributed by atoms with Gasteiger partial charge in [0.2, 0.25) is 0 Å². The minimum atomic E-state index is 1.03. The van der Waals surface area contributed by atoms with Crippen molar-refractivity contribution in [3.05, 3.63) is 178 Å². The Hall–Kier alpha value is -4.94. The molecule has 0 aliphatic heterocycles. The number of benzene rings is 5. The van der Waals surface area contributed by atoms with Gasteiger partial charge in [0.25, 0.3) is 0 Å². The first-order valence-electron chi connectivity index (χ1n) is 12.9. The van der Waals surface area contributed by atoms with Crippen molar-refractivity contribution in [2.24, 2.45) is 0 Å². The van der Waals surface area contributed by atoms with Crippen molar-refractivity contribution in [3.63, 3.8) is 0 Å². The van der Waals surface area contributed by atoms with Gasteiger partial charge in [-0.3, -0.25) is 0 Å². The van der Waals surface area contributed by atoms with Gasteiger partial charge in [-0.15, -0.1) is 0 Å². The fourth-order valence-corrected chi connectivity index (χ4v) is 4.19. The Balaban J connectivity index is 1.62. The van der Waals surface area contributed by atoms with E-state index in [9.17, 15) is 0 Å². The third-order valence-corrected chi connectivity index (χ3v) is 6.19. The van der Waals surface area contributed by atoms with E-state index < -0.39 is 0 Å². The van der Waals surface area contributed by atoms with Crippen LogP contribution < -0.4 is 0 Å². The monoisotopic (exact) mass is 485 g/mol. The maximum atomic E-state index is 3.67. The Kier molecular flexibility index (Phi) is 8.37. The molecule has 0 atom stereocenters. The molecule has 0 amide bonds. The summed E-state index contributed by atoms with van der Waals surface area (Å²) < 4.78 is 0. The van der Waals surface area contributed by atoms with Crippen LogP contribution in [-0.4, -0.2) is 0 Å². The van der Waals surface area contributed by atoms with Crippen LogP contribution in [0.25, 0.3) is 48.6 Å². The highest BCUT2D eigenvalue weighted by molar-refractivity contribution is 5.87. The molecule has 0 unspecified atom stereocenters. The first kappa shape index (κ1) is 24.7. The molecule has 5 rings (SSSR count). The van der Waals surface area contributed by atoms with Crippen molar-refractivity contribution in [3.8, 4) is 0 Å². The molecule has 181 valence electrons. The van der Waals surface area contributed by atoms with Gasteiger partial charge in [-0.1, -0.05) is 170 Å². The summed E-state index contributed by atoms with van der Waals surface area (Å²) in [5.41, 5.74) is 9.00. The van der Waals surface area contributed by atoms with Crippen LogP contribution in [0.15, 0.2) is 127 Å². The SMILES string of the molecule is [c]1c(C=Cc2ccccc2)cc(C=Cc2ccccc2)c(C=Cc2ccccc2)c1C=Cc1ccccc1. The normalized spacial score (nSPS) is 11.8. The van der Waals surface area contributed by atoms with Crippen molar-refractivity contribution >= 4 is 48.6 Å². The predicted octanol–water partition coefficient (Wildman–Crippen LogP) is 10.2. The highest BCUT2D eigenvalue weighted by atomic mass is 14.1. The van der Waals surface area contributed by atoms with E-state index in [0.29, 0.717) is 0 Å². The molecule has 0 nitrogen and oxygen atoms in total. The van der Waals surface area contributed by atoms with Crippen molar-refractivity contribution in [2.75, 3.05) is 0 Å². The summed E-state index contributed by atoms with van der Waals surface area (Å²) in [6.07, 6.45) is 17.3. The second-order valence-corrected chi connectivity index (χ2v) is 8.98. The van der Waals surface area contributed by atoms with Gasteiger partial charge < -0.3 is 0 Å². The van der Waals surface area contributed by atoms with E-state index in [1.165, 1.54) is 5.56 Å². The zero-order valence-electron chi connectivity index (χ0n) is 21.2. The predicted molar refractivity (Wildman–Crippen MR) is 167 cm³/mol. The standard InChI is InChI=1S/C38H29/c1-5-13-31(14-6-1)21-22-35-29-36(26-23-32-15-7-2-8-16-32)38(28-25-34-19-11-4-12-20-34)37(30-35)27-24-33-17-9-3-10-18-33/h1-29H. The second kappa shape index (κ2) is 12.9.